The van der Waals surface area contributed by atoms with E-state index in [4.69, 9.17) is 4.52 Å². The van der Waals surface area contributed by atoms with Crippen molar-refractivity contribution in [3.63, 3.8) is 0 Å². The van der Waals surface area contributed by atoms with Gasteiger partial charge in [0, 0.05) is 30.6 Å². The Morgan fingerprint density at radius 3 is 2.71 bits per heavy atom. The van der Waals surface area contributed by atoms with E-state index in [1.807, 2.05) is 47.4 Å². The van der Waals surface area contributed by atoms with Crippen LogP contribution in [0.2, 0.25) is 0 Å². The van der Waals surface area contributed by atoms with E-state index < -0.39 is 0 Å². The van der Waals surface area contributed by atoms with E-state index in [-0.39, 0.29) is 17.7 Å². The fourth-order valence-electron chi connectivity index (χ4n) is 3.20. The second-order valence-electron chi connectivity index (χ2n) is 5.88. The molecule has 4 rings (SSSR count). The minimum atomic E-state index is -0.107. The molecule has 24 heavy (non-hydrogen) atoms. The topological polar surface area (TPSA) is 59.2 Å². The van der Waals surface area contributed by atoms with Gasteiger partial charge in [0.1, 0.15) is 5.69 Å². The van der Waals surface area contributed by atoms with Gasteiger partial charge in [-0.3, -0.25) is 9.78 Å². The lowest BCUT2D eigenvalue weighted by Gasteiger charge is -2.23. The monoisotopic (exact) mass is 319 g/mol. The Bertz CT molecular complexity index is 830. The van der Waals surface area contributed by atoms with Crippen molar-refractivity contribution in [3.8, 4) is 11.3 Å². The molecular weight excluding hydrogens is 302 g/mol. The molecule has 5 heteroatoms. The van der Waals surface area contributed by atoms with Crippen molar-refractivity contribution >= 4 is 5.91 Å². The van der Waals surface area contributed by atoms with Crippen LogP contribution in [0.15, 0.2) is 65.4 Å². The largest absolute Gasteiger partial charge is 0.350 e. The van der Waals surface area contributed by atoms with Crippen LogP contribution < -0.4 is 0 Å². The van der Waals surface area contributed by atoms with Gasteiger partial charge in [0.25, 0.3) is 5.91 Å². The third-order valence-corrected chi connectivity index (χ3v) is 4.40. The second-order valence-corrected chi connectivity index (χ2v) is 5.88. The molecule has 1 saturated heterocycles. The first-order valence-corrected chi connectivity index (χ1v) is 8.06. The lowest BCUT2D eigenvalue weighted by Crippen LogP contribution is -2.30. The van der Waals surface area contributed by atoms with E-state index in [1.165, 1.54) is 0 Å². The van der Waals surface area contributed by atoms with E-state index >= 15 is 0 Å². The van der Waals surface area contributed by atoms with Gasteiger partial charge in [-0.1, -0.05) is 35.5 Å². The third-order valence-electron chi connectivity index (χ3n) is 4.40. The number of likely N-dealkylation sites (tertiary alicyclic amines) is 1. The molecule has 1 atom stereocenters. The average molecular weight is 319 g/mol. The van der Waals surface area contributed by atoms with Gasteiger partial charge >= 0.3 is 0 Å². The van der Waals surface area contributed by atoms with Crippen LogP contribution in [0.25, 0.3) is 11.3 Å². The quantitative estimate of drug-likeness (QED) is 0.738. The maximum Gasteiger partial charge on any atom is 0.292 e. The highest BCUT2D eigenvalue weighted by Gasteiger charge is 2.32. The van der Waals surface area contributed by atoms with Gasteiger partial charge in [-0.15, -0.1) is 0 Å². The SMILES string of the molecule is O=C(c1cc(-c2ccccc2)no1)N1CCCC1c1ccncc1. The number of pyridine rings is 1. The lowest BCUT2D eigenvalue weighted by atomic mass is 10.1. The van der Waals surface area contributed by atoms with Crippen LogP contribution in [-0.4, -0.2) is 27.5 Å². The number of carbonyl (C=O) groups is 1. The third kappa shape index (κ3) is 2.69. The molecule has 3 heterocycles. The molecule has 0 N–H and O–H groups in total. The van der Waals surface area contributed by atoms with Crippen molar-refractivity contribution in [2.24, 2.45) is 0 Å². The summed E-state index contributed by atoms with van der Waals surface area (Å²) >= 11 is 0. The Hall–Kier alpha value is -2.95. The Balaban J connectivity index is 1.58. The van der Waals surface area contributed by atoms with Crippen molar-refractivity contribution < 1.29 is 9.32 Å². The first-order valence-electron chi connectivity index (χ1n) is 8.06. The smallest absolute Gasteiger partial charge is 0.292 e. The molecule has 1 fully saturated rings. The van der Waals surface area contributed by atoms with Gasteiger partial charge in [-0.25, -0.2) is 0 Å². The van der Waals surface area contributed by atoms with Gasteiger partial charge in [0.05, 0.1) is 6.04 Å². The van der Waals surface area contributed by atoms with Gasteiger partial charge in [0.15, 0.2) is 0 Å². The molecule has 1 aliphatic heterocycles. The predicted octanol–water partition coefficient (Wildman–Crippen LogP) is 3.71. The molecule has 5 nitrogen and oxygen atoms in total. The minimum Gasteiger partial charge on any atom is -0.350 e. The molecule has 3 aromatic rings. The zero-order valence-electron chi connectivity index (χ0n) is 13.1. The second kappa shape index (κ2) is 6.28. The van der Waals surface area contributed by atoms with Crippen molar-refractivity contribution in [1.82, 2.24) is 15.0 Å². The predicted molar refractivity (Wildman–Crippen MR) is 89.2 cm³/mol. The Labute approximate surface area is 139 Å². The standard InChI is InChI=1S/C19H17N3O2/c23-19(18-13-16(21-24-18)14-5-2-1-3-6-14)22-12-4-7-17(22)15-8-10-20-11-9-15/h1-3,5-6,8-11,13,17H,4,7,12H2. The molecule has 0 saturated carbocycles. The number of benzene rings is 1. The maximum absolute atomic E-state index is 12.9. The van der Waals surface area contributed by atoms with E-state index in [0.29, 0.717) is 5.69 Å². The highest BCUT2D eigenvalue weighted by Crippen LogP contribution is 2.33. The van der Waals surface area contributed by atoms with Crippen molar-refractivity contribution in [2.45, 2.75) is 18.9 Å². The summed E-state index contributed by atoms with van der Waals surface area (Å²) in [6.45, 7) is 0.729. The maximum atomic E-state index is 12.9. The Kier molecular flexibility index (Phi) is 3.83. The molecule has 0 radical (unpaired) electrons. The zero-order valence-corrected chi connectivity index (χ0v) is 13.1. The number of carbonyl (C=O) groups excluding carboxylic acids is 1. The number of amides is 1. The molecule has 0 bridgehead atoms. The van der Waals surface area contributed by atoms with Crippen LogP contribution in [-0.2, 0) is 0 Å². The highest BCUT2D eigenvalue weighted by atomic mass is 16.5. The molecule has 2 aromatic heterocycles. The summed E-state index contributed by atoms with van der Waals surface area (Å²) in [6, 6.07) is 15.4. The van der Waals surface area contributed by atoms with E-state index in [9.17, 15) is 4.79 Å². The van der Waals surface area contributed by atoms with Gasteiger partial charge in [-0.2, -0.15) is 0 Å². The summed E-state index contributed by atoms with van der Waals surface area (Å²) in [5.41, 5.74) is 2.73. The number of aromatic nitrogens is 2. The van der Waals surface area contributed by atoms with Crippen LogP contribution in [0.3, 0.4) is 0 Å². The summed E-state index contributed by atoms with van der Waals surface area (Å²) in [5, 5.41) is 4.04. The molecule has 1 aliphatic rings. The highest BCUT2D eigenvalue weighted by molar-refractivity contribution is 5.93. The van der Waals surface area contributed by atoms with Crippen LogP contribution in [0.5, 0.6) is 0 Å². The molecule has 0 spiro atoms. The summed E-state index contributed by atoms with van der Waals surface area (Å²) in [7, 11) is 0. The average Bonchev–Trinajstić information content (AvgIpc) is 3.32. The lowest BCUT2D eigenvalue weighted by molar-refractivity contribution is 0.0693. The fourth-order valence-corrected chi connectivity index (χ4v) is 3.20. The van der Waals surface area contributed by atoms with Crippen LogP contribution in [0.4, 0.5) is 0 Å². The fraction of sp³-hybridized carbons (Fsp3) is 0.211. The first-order chi connectivity index (χ1) is 11.8. The number of rotatable bonds is 3. The van der Waals surface area contributed by atoms with Crippen LogP contribution >= 0.6 is 0 Å². The number of hydrogen-bond donors (Lipinski definition) is 0. The van der Waals surface area contributed by atoms with Crippen LogP contribution in [0.1, 0.15) is 35.0 Å². The van der Waals surface area contributed by atoms with Crippen molar-refractivity contribution in [2.75, 3.05) is 6.54 Å². The number of hydrogen-bond acceptors (Lipinski definition) is 4. The molecule has 120 valence electrons. The zero-order chi connectivity index (χ0) is 16.4. The van der Waals surface area contributed by atoms with Gasteiger partial charge in [0.2, 0.25) is 5.76 Å². The Morgan fingerprint density at radius 1 is 1.12 bits per heavy atom. The molecule has 1 unspecified atom stereocenters. The molecular formula is C19H17N3O2. The van der Waals surface area contributed by atoms with Crippen molar-refractivity contribution in [3.05, 3.63) is 72.2 Å². The molecule has 1 aromatic carbocycles. The molecule has 1 amide bonds. The first kappa shape index (κ1) is 14.6. The summed E-state index contributed by atoms with van der Waals surface area (Å²) in [5.74, 6) is 0.179. The summed E-state index contributed by atoms with van der Waals surface area (Å²) in [6.07, 6.45) is 5.46. The number of nitrogens with zero attached hydrogens (tertiary/aromatic N) is 3. The molecule has 0 aliphatic carbocycles. The van der Waals surface area contributed by atoms with Crippen LogP contribution in [0, 0.1) is 0 Å². The minimum absolute atomic E-state index is 0.0748. The Morgan fingerprint density at radius 2 is 1.92 bits per heavy atom. The summed E-state index contributed by atoms with van der Waals surface area (Å²) in [4.78, 5) is 18.8. The van der Waals surface area contributed by atoms with Crippen molar-refractivity contribution in [1.29, 1.82) is 0 Å². The van der Waals surface area contributed by atoms with Gasteiger partial charge < -0.3 is 9.42 Å². The summed E-state index contributed by atoms with van der Waals surface area (Å²) < 4.78 is 5.32. The normalized spacial score (nSPS) is 17.2. The van der Waals surface area contributed by atoms with E-state index in [1.54, 1.807) is 18.5 Å². The van der Waals surface area contributed by atoms with E-state index in [2.05, 4.69) is 10.1 Å². The van der Waals surface area contributed by atoms with Gasteiger partial charge in [-0.05, 0) is 30.5 Å². The van der Waals surface area contributed by atoms with E-state index in [0.717, 1.165) is 30.5 Å².